The zero-order valence-corrected chi connectivity index (χ0v) is 17.7. The summed E-state index contributed by atoms with van der Waals surface area (Å²) < 4.78 is 25.7. The van der Waals surface area contributed by atoms with Crippen LogP contribution in [0.4, 0.5) is 14.9 Å². The van der Waals surface area contributed by atoms with E-state index < -0.39 is 12.0 Å². The molecule has 0 saturated heterocycles. The predicted octanol–water partition coefficient (Wildman–Crippen LogP) is 4.44. The maximum atomic E-state index is 14.1. The molecule has 0 radical (unpaired) electrons. The first-order valence-corrected chi connectivity index (χ1v) is 10.1. The van der Waals surface area contributed by atoms with Crippen molar-refractivity contribution in [2.24, 2.45) is 0 Å². The molecule has 168 valence electrons. The predicted molar refractivity (Wildman–Crippen MR) is 121 cm³/mol. The molecule has 0 aliphatic heterocycles. The Morgan fingerprint density at radius 3 is 2.85 bits per heavy atom. The monoisotopic (exact) mass is 448 g/mol. The number of fused-ring (bicyclic) bond motifs is 1. The van der Waals surface area contributed by atoms with E-state index in [2.05, 4.69) is 20.4 Å². The number of oxazole rings is 1. The Kier molecular flexibility index (Phi) is 6.49. The Labute approximate surface area is 188 Å². The van der Waals surface area contributed by atoms with Crippen molar-refractivity contribution in [2.45, 2.75) is 6.54 Å². The lowest BCUT2D eigenvalue weighted by Gasteiger charge is -2.09. The van der Waals surface area contributed by atoms with Crippen molar-refractivity contribution in [3.8, 4) is 0 Å². The van der Waals surface area contributed by atoms with Gasteiger partial charge >= 0.3 is 6.09 Å². The van der Waals surface area contributed by atoms with E-state index in [-0.39, 0.29) is 23.9 Å². The molecule has 0 aliphatic carbocycles. The number of anilines is 1. The second-order valence-electron chi connectivity index (χ2n) is 7.07. The number of benzene rings is 2. The Balaban J connectivity index is 1.46. The summed E-state index contributed by atoms with van der Waals surface area (Å²) in [4.78, 5) is 27.8. The van der Waals surface area contributed by atoms with Gasteiger partial charge in [0.25, 0.3) is 5.91 Å². The normalized spacial score (nSPS) is 11.1. The highest BCUT2D eigenvalue weighted by molar-refractivity contribution is 6.07. The van der Waals surface area contributed by atoms with Gasteiger partial charge in [-0.3, -0.25) is 4.79 Å². The Morgan fingerprint density at radius 1 is 1.18 bits per heavy atom. The van der Waals surface area contributed by atoms with Crippen LogP contribution in [-0.4, -0.2) is 35.2 Å². The van der Waals surface area contributed by atoms with Crippen LogP contribution in [0.5, 0.6) is 0 Å². The summed E-state index contributed by atoms with van der Waals surface area (Å²) >= 11 is 0. The number of carbonyl (C=O) groups is 2. The molecule has 2 aromatic heterocycles. The summed E-state index contributed by atoms with van der Waals surface area (Å²) in [5.41, 5.74) is 2.15. The second kappa shape index (κ2) is 9.82. The van der Waals surface area contributed by atoms with Crippen LogP contribution in [0.2, 0.25) is 0 Å². The molecular weight excluding hydrogens is 427 g/mol. The van der Waals surface area contributed by atoms with Crippen LogP contribution in [0.25, 0.3) is 17.0 Å². The minimum atomic E-state index is -0.552. The van der Waals surface area contributed by atoms with Gasteiger partial charge in [-0.2, -0.15) is 0 Å². The number of nitrogens with zero attached hydrogens (tertiary/aromatic N) is 2. The number of methoxy groups -OCH3 is 1. The zero-order chi connectivity index (χ0) is 23.2. The Bertz CT molecular complexity index is 1330. The SMILES string of the molecule is COC(=O)NC/C=C\c1nc(C(=O)Nc2cccc3c2ccn3Cc2ccccc2F)co1. The van der Waals surface area contributed by atoms with E-state index in [1.807, 2.05) is 29.0 Å². The molecule has 2 aromatic carbocycles. The lowest BCUT2D eigenvalue weighted by Crippen LogP contribution is -2.22. The number of nitrogens with one attached hydrogen (secondary N) is 2. The van der Waals surface area contributed by atoms with Crippen LogP contribution < -0.4 is 10.6 Å². The Hall–Kier alpha value is -4.40. The molecule has 0 fully saturated rings. The number of amides is 2. The first kappa shape index (κ1) is 21.8. The molecule has 0 saturated carbocycles. The van der Waals surface area contributed by atoms with Gasteiger partial charge in [-0.25, -0.2) is 14.2 Å². The second-order valence-corrected chi connectivity index (χ2v) is 7.07. The molecular formula is C24H21FN4O4. The molecule has 33 heavy (non-hydrogen) atoms. The zero-order valence-electron chi connectivity index (χ0n) is 17.7. The highest BCUT2D eigenvalue weighted by Gasteiger charge is 2.14. The minimum absolute atomic E-state index is 0.110. The van der Waals surface area contributed by atoms with Crippen molar-refractivity contribution >= 4 is 34.7 Å². The van der Waals surface area contributed by atoms with E-state index in [9.17, 15) is 14.0 Å². The van der Waals surface area contributed by atoms with E-state index in [0.29, 0.717) is 17.8 Å². The summed E-state index contributed by atoms with van der Waals surface area (Å²) in [5.74, 6) is -0.470. The van der Waals surface area contributed by atoms with Crippen LogP contribution in [0.15, 0.2) is 71.5 Å². The average molecular weight is 448 g/mol. The number of ether oxygens (including phenoxy) is 1. The van der Waals surface area contributed by atoms with Gasteiger partial charge in [0.1, 0.15) is 12.1 Å². The number of rotatable bonds is 7. The van der Waals surface area contributed by atoms with Crippen LogP contribution in [0.3, 0.4) is 0 Å². The molecule has 8 nitrogen and oxygen atoms in total. The summed E-state index contributed by atoms with van der Waals surface area (Å²) in [6.07, 6.45) is 5.71. The number of alkyl carbamates (subject to hydrolysis) is 1. The topological polar surface area (TPSA) is 98.4 Å². The molecule has 2 heterocycles. The van der Waals surface area contributed by atoms with Crippen LogP contribution >= 0.6 is 0 Å². The molecule has 2 N–H and O–H groups in total. The quantitative estimate of drug-likeness (QED) is 0.436. The van der Waals surface area contributed by atoms with Crippen molar-refractivity contribution < 1.29 is 23.1 Å². The highest BCUT2D eigenvalue weighted by atomic mass is 19.1. The van der Waals surface area contributed by atoms with Gasteiger partial charge in [-0.15, -0.1) is 0 Å². The standard InChI is InChI=1S/C24H21FN4O4/c1-32-24(31)26-12-5-10-22-27-20(15-33-22)23(30)28-19-8-4-9-21-17(19)11-13-29(21)14-16-6-2-3-7-18(16)25/h2-11,13,15H,12,14H2,1H3,(H,26,31)(H,28,30)/b10-5-. The highest BCUT2D eigenvalue weighted by Crippen LogP contribution is 2.26. The fourth-order valence-electron chi connectivity index (χ4n) is 3.31. The maximum absolute atomic E-state index is 14.1. The fraction of sp³-hybridized carbons (Fsp3) is 0.125. The molecule has 0 unspecified atom stereocenters. The van der Waals surface area contributed by atoms with Gasteiger partial charge in [0, 0.05) is 23.7 Å². The summed E-state index contributed by atoms with van der Waals surface area (Å²) in [6.45, 7) is 0.597. The van der Waals surface area contributed by atoms with Crippen LogP contribution in [0.1, 0.15) is 21.9 Å². The van der Waals surface area contributed by atoms with Crippen LogP contribution in [0, 0.1) is 5.82 Å². The summed E-state index contributed by atoms with van der Waals surface area (Å²) in [6, 6.07) is 14.0. The van der Waals surface area contributed by atoms with Crippen molar-refractivity contribution in [3.05, 3.63) is 90.0 Å². The largest absolute Gasteiger partial charge is 0.453 e. The van der Waals surface area contributed by atoms with Gasteiger partial charge < -0.3 is 24.4 Å². The van der Waals surface area contributed by atoms with E-state index in [0.717, 1.165) is 10.9 Å². The van der Waals surface area contributed by atoms with Crippen molar-refractivity contribution in [2.75, 3.05) is 19.0 Å². The third-order valence-corrected chi connectivity index (χ3v) is 4.93. The number of halogens is 1. The first-order chi connectivity index (χ1) is 16.0. The van der Waals surface area contributed by atoms with Gasteiger partial charge in [-0.05, 0) is 30.3 Å². The first-order valence-electron chi connectivity index (χ1n) is 10.1. The molecule has 0 bridgehead atoms. The molecule has 0 aliphatic rings. The fourth-order valence-corrected chi connectivity index (χ4v) is 3.31. The van der Waals surface area contributed by atoms with E-state index in [4.69, 9.17) is 4.42 Å². The number of aromatic nitrogens is 2. The molecule has 0 atom stereocenters. The smallest absolute Gasteiger partial charge is 0.407 e. The lowest BCUT2D eigenvalue weighted by atomic mass is 10.2. The third kappa shape index (κ3) is 5.09. The summed E-state index contributed by atoms with van der Waals surface area (Å²) in [7, 11) is 1.27. The lowest BCUT2D eigenvalue weighted by molar-refractivity contribution is 0.102. The average Bonchev–Trinajstić information content (AvgIpc) is 3.46. The van der Waals surface area contributed by atoms with Gasteiger partial charge in [0.15, 0.2) is 5.69 Å². The summed E-state index contributed by atoms with van der Waals surface area (Å²) in [5, 5.41) is 6.15. The van der Waals surface area contributed by atoms with Gasteiger partial charge in [0.05, 0.1) is 24.9 Å². The van der Waals surface area contributed by atoms with Crippen LogP contribution in [-0.2, 0) is 11.3 Å². The molecule has 2 amide bonds. The van der Waals surface area contributed by atoms with E-state index in [1.165, 1.54) is 25.5 Å². The van der Waals surface area contributed by atoms with Crippen molar-refractivity contribution in [1.82, 2.24) is 14.9 Å². The third-order valence-electron chi connectivity index (χ3n) is 4.93. The van der Waals surface area contributed by atoms with Crippen molar-refractivity contribution in [1.29, 1.82) is 0 Å². The number of carbonyl (C=O) groups excluding carboxylic acids is 2. The molecule has 9 heteroatoms. The number of hydrogen-bond acceptors (Lipinski definition) is 5. The van der Waals surface area contributed by atoms with Gasteiger partial charge in [0.2, 0.25) is 5.89 Å². The van der Waals surface area contributed by atoms with E-state index >= 15 is 0 Å². The van der Waals surface area contributed by atoms with E-state index in [1.54, 1.807) is 30.3 Å². The number of hydrogen-bond donors (Lipinski definition) is 2. The minimum Gasteiger partial charge on any atom is -0.453 e. The van der Waals surface area contributed by atoms with Gasteiger partial charge in [-0.1, -0.05) is 30.3 Å². The molecule has 4 aromatic rings. The maximum Gasteiger partial charge on any atom is 0.407 e. The molecule has 4 rings (SSSR count). The van der Waals surface area contributed by atoms with Crippen molar-refractivity contribution in [3.63, 3.8) is 0 Å². The Morgan fingerprint density at radius 2 is 2.03 bits per heavy atom. The molecule has 0 spiro atoms.